The monoisotopic (exact) mass is 402 g/mol. The van der Waals surface area contributed by atoms with Gasteiger partial charge < -0.3 is 4.57 Å². The summed E-state index contributed by atoms with van der Waals surface area (Å²) < 4.78 is 3.91. The smallest absolute Gasteiger partial charge is 0.263 e. The summed E-state index contributed by atoms with van der Waals surface area (Å²) in [4.78, 5) is 25.1. The van der Waals surface area contributed by atoms with Gasteiger partial charge in [0.2, 0.25) is 0 Å². The van der Waals surface area contributed by atoms with Gasteiger partial charge in [0.25, 0.3) is 5.56 Å². The van der Waals surface area contributed by atoms with Crippen LogP contribution >= 0.6 is 23.1 Å². The minimum absolute atomic E-state index is 0.142. The van der Waals surface area contributed by atoms with Crippen molar-refractivity contribution < 1.29 is 0 Å². The molecule has 3 heterocycles. The molecule has 0 fully saturated rings. The minimum atomic E-state index is 0.142. The van der Waals surface area contributed by atoms with Crippen LogP contribution < -0.4 is 5.56 Å². The number of thiophene rings is 1. The molecule has 0 saturated carbocycles. The van der Waals surface area contributed by atoms with Crippen LogP contribution in [0.25, 0.3) is 10.2 Å². The predicted molar refractivity (Wildman–Crippen MR) is 113 cm³/mol. The van der Waals surface area contributed by atoms with Gasteiger partial charge in [0, 0.05) is 30.9 Å². The van der Waals surface area contributed by atoms with Gasteiger partial charge in [0.15, 0.2) is 5.16 Å². The zero-order chi connectivity index (χ0) is 19.1. The third-order valence-corrected chi connectivity index (χ3v) is 7.30. The van der Waals surface area contributed by atoms with E-state index in [1.807, 2.05) is 28.6 Å². The first kappa shape index (κ1) is 18.7. The molecule has 0 N–H and O–H groups in total. The van der Waals surface area contributed by atoms with Crippen LogP contribution in [0.5, 0.6) is 0 Å². The number of imidazole rings is 1. The number of aryl methyl sites for hydroxylation is 2. The van der Waals surface area contributed by atoms with Crippen molar-refractivity contribution in [2.24, 2.45) is 18.9 Å². The molecule has 1 atom stereocenters. The van der Waals surface area contributed by atoms with Crippen LogP contribution in [0, 0.1) is 11.8 Å². The maximum absolute atomic E-state index is 13.4. The SMILES string of the molecule is CC(C)Cn1c(SCc2nccn2C)nc2sc3c(c2c1=O)CCC(C)C3. The number of fused-ring (bicyclic) bond motifs is 3. The normalized spacial score (nSPS) is 17.0. The van der Waals surface area contributed by atoms with Gasteiger partial charge in [0.05, 0.1) is 11.1 Å². The second-order valence-corrected chi connectivity index (χ2v) is 10.0. The molecular weight excluding hydrogens is 376 g/mol. The number of aromatic nitrogens is 4. The van der Waals surface area contributed by atoms with Gasteiger partial charge in [-0.1, -0.05) is 32.5 Å². The molecule has 0 amide bonds. The first-order valence-corrected chi connectivity index (χ1v) is 11.4. The van der Waals surface area contributed by atoms with Gasteiger partial charge in [0.1, 0.15) is 10.7 Å². The molecule has 144 valence electrons. The van der Waals surface area contributed by atoms with E-state index in [4.69, 9.17) is 4.98 Å². The molecule has 3 aromatic rings. The summed E-state index contributed by atoms with van der Waals surface area (Å²) in [5.74, 6) is 2.79. The summed E-state index contributed by atoms with van der Waals surface area (Å²) in [5.41, 5.74) is 1.41. The van der Waals surface area contributed by atoms with Gasteiger partial charge in [-0.25, -0.2) is 9.97 Å². The van der Waals surface area contributed by atoms with E-state index in [1.165, 1.54) is 10.4 Å². The molecule has 1 aliphatic carbocycles. The maximum Gasteiger partial charge on any atom is 0.263 e. The molecule has 5 nitrogen and oxygen atoms in total. The highest BCUT2D eigenvalue weighted by Gasteiger charge is 2.25. The lowest BCUT2D eigenvalue weighted by molar-refractivity contribution is 0.474. The first-order chi connectivity index (χ1) is 12.9. The molecule has 0 radical (unpaired) electrons. The van der Waals surface area contributed by atoms with Crippen molar-refractivity contribution in [1.29, 1.82) is 0 Å². The summed E-state index contributed by atoms with van der Waals surface area (Å²) in [6.07, 6.45) is 7.01. The third-order valence-electron chi connectivity index (χ3n) is 5.18. The Kier molecular flexibility index (Phi) is 5.16. The lowest BCUT2D eigenvalue weighted by atomic mass is 9.89. The highest BCUT2D eigenvalue weighted by Crippen LogP contribution is 2.36. The number of nitrogens with zero attached hydrogens (tertiary/aromatic N) is 4. The number of thioether (sulfide) groups is 1. The zero-order valence-corrected chi connectivity index (χ0v) is 18.0. The molecule has 0 aliphatic heterocycles. The van der Waals surface area contributed by atoms with E-state index < -0.39 is 0 Å². The van der Waals surface area contributed by atoms with Crippen LogP contribution in [0.15, 0.2) is 22.3 Å². The quantitative estimate of drug-likeness (QED) is 0.472. The van der Waals surface area contributed by atoms with Crippen molar-refractivity contribution in [2.45, 2.75) is 57.5 Å². The largest absolute Gasteiger partial charge is 0.337 e. The van der Waals surface area contributed by atoms with Gasteiger partial charge in [-0.2, -0.15) is 0 Å². The zero-order valence-electron chi connectivity index (χ0n) is 16.4. The van der Waals surface area contributed by atoms with Crippen LogP contribution in [0.2, 0.25) is 0 Å². The average molecular weight is 403 g/mol. The molecule has 1 unspecified atom stereocenters. The molecule has 7 heteroatoms. The Labute approximate surface area is 167 Å². The van der Waals surface area contributed by atoms with Crippen molar-refractivity contribution in [1.82, 2.24) is 19.1 Å². The maximum atomic E-state index is 13.4. The van der Waals surface area contributed by atoms with Crippen LogP contribution in [0.1, 0.15) is 43.5 Å². The summed E-state index contributed by atoms with van der Waals surface area (Å²) in [6.45, 7) is 7.29. The fraction of sp³-hybridized carbons (Fsp3) is 0.550. The second-order valence-electron chi connectivity index (χ2n) is 7.98. The molecule has 1 aliphatic rings. The molecule has 0 bridgehead atoms. The van der Waals surface area contributed by atoms with Crippen LogP contribution in [-0.2, 0) is 32.2 Å². The lowest BCUT2D eigenvalue weighted by Gasteiger charge is -2.18. The standard InChI is InChI=1S/C20H26N4OS2/c1-12(2)10-24-19(25)17-14-6-5-13(3)9-15(14)27-18(17)22-20(24)26-11-16-21-7-8-23(16)4/h7-8,12-13H,5-6,9-11H2,1-4H3. The van der Waals surface area contributed by atoms with Crippen LogP contribution in [0.4, 0.5) is 0 Å². The highest BCUT2D eigenvalue weighted by atomic mass is 32.2. The van der Waals surface area contributed by atoms with Crippen molar-refractivity contribution in [3.63, 3.8) is 0 Å². The Morgan fingerprint density at radius 1 is 1.41 bits per heavy atom. The van der Waals surface area contributed by atoms with E-state index in [0.717, 1.165) is 40.5 Å². The Bertz CT molecular complexity index is 1030. The van der Waals surface area contributed by atoms with Crippen molar-refractivity contribution in [3.8, 4) is 0 Å². The van der Waals surface area contributed by atoms with E-state index in [-0.39, 0.29) is 5.56 Å². The minimum Gasteiger partial charge on any atom is -0.337 e. The van der Waals surface area contributed by atoms with E-state index in [2.05, 4.69) is 25.8 Å². The van der Waals surface area contributed by atoms with E-state index in [1.54, 1.807) is 23.1 Å². The molecule has 0 spiro atoms. The molecule has 4 rings (SSSR count). The van der Waals surface area contributed by atoms with Crippen LogP contribution in [-0.4, -0.2) is 19.1 Å². The van der Waals surface area contributed by atoms with Crippen molar-refractivity contribution in [3.05, 3.63) is 39.0 Å². The fourth-order valence-electron chi connectivity index (χ4n) is 3.71. The Balaban J connectivity index is 1.79. The molecule has 27 heavy (non-hydrogen) atoms. The topological polar surface area (TPSA) is 52.7 Å². The molecule has 0 aromatic carbocycles. The average Bonchev–Trinajstić information content (AvgIpc) is 3.18. The number of hydrogen-bond acceptors (Lipinski definition) is 5. The Hall–Kier alpha value is -1.60. The molecular formula is C20H26N4OS2. The van der Waals surface area contributed by atoms with Gasteiger partial charge in [-0.05, 0) is 36.7 Å². The van der Waals surface area contributed by atoms with E-state index in [0.29, 0.717) is 24.1 Å². The number of hydrogen-bond donors (Lipinski definition) is 0. The Morgan fingerprint density at radius 2 is 2.22 bits per heavy atom. The van der Waals surface area contributed by atoms with Gasteiger partial charge in [-0.15, -0.1) is 11.3 Å². The third kappa shape index (κ3) is 3.59. The van der Waals surface area contributed by atoms with Gasteiger partial charge in [-0.3, -0.25) is 9.36 Å². The summed E-state index contributed by atoms with van der Waals surface area (Å²) in [6, 6.07) is 0. The summed E-state index contributed by atoms with van der Waals surface area (Å²) in [7, 11) is 2.00. The van der Waals surface area contributed by atoms with E-state index >= 15 is 0 Å². The predicted octanol–water partition coefficient (Wildman–Crippen LogP) is 4.26. The second kappa shape index (κ2) is 7.43. The summed E-state index contributed by atoms with van der Waals surface area (Å²) in [5, 5.41) is 1.69. The van der Waals surface area contributed by atoms with Crippen molar-refractivity contribution in [2.75, 3.05) is 0 Å². The Morgan fingerprint density at radius 3 is 2.93 bits per heavy atom. The lowest BCUT2D eigenvalue weighted by Crippen LogP contribution is -2.26. The van der Waals surface area contributed by atoms with Gasteiger partial charge >= 0.3 is 0 Å². The van der Waals surface area contributed by atoms with Crippen molar-refractivity contribution >= 4 is 33.3 Å². The van der Waals surface area contributed by atoms with E-state index in [9.17, 15) is 4.79 Å². The van der Waals surface area contributed by atoms with Crippen LogP contribution in [0.3, 0.4) is 0 Å². The fourth-order valence-corrected chi connectivity index (χ4v) is 6.14. The number of rotatable bonds is 5. The highest BCUT2D eigenvalue weighted by molar-refractivity contribution is 7.98. The molecule has 3 aromatic heterocycles. The summed E-state index contributed by atoms with van der Waals surface area (Å²) >= 11 is 3.34. The first-order valence-electron chi connectivity index (χ1n) is 9.58. The molecule has 0 saturated heterocycles.